The SMILES string of the molecule is CC1OC(C)C(C(Cl)c2csc3c(Br)cccc23)C1C. The summed E-state index contributed by atoms with van der Waals surface area (Å²) in [5.74, 6) is 0.845. The third kappa shape index (κ3) is 2.33. The number of alkyl halides is 1. The summed E-state index contributed by atoms with van der Waals surface area (Å²) in [5.41, 5.74) is 1.24. The van der Waals surface area contributed by atoms with Crippen LogP contribution in [-0.2, 0) is 4.74 Å². The standard InChI is InChI=1S/C16H18BrClOS/c1-8-9(2)19-10(3)14(8)15(18)12-7-20-16-11(12)5-4-6-13(16)17/h4-10,14-15H,1-3H3. The molecule has 1 aliphatic heterocycles. The van der Waals surface area contributed by atoms with Gasteiger partial charge in [-0.2, -0.15) is 0 Å². The molecule has 20 heavy (non-hydrogen) atoms. The largest absolute Gasteiger partial charge is 0.375 e. The Morgan fingerprint density at radius 2 is 2.00 bits per heavy atom. The Hall–Kier alpha value is -0.0900. The van der Waals surface area contributed by atoms with Crippen LogP contribution in [0.15, 0.2) is 28.1 Å². The van der Waals surface area contributed by atoms with E-state index in [1.165, 1.54) is 15.6 Å². The molecule has 1 nitrogen and oxygen atoms in total. The molecule has 2 heterocycles. The number of fused-ring (bicyclic) bond motifs is 1. The van der Waals surface area contributed by atoms with Gasteiger partial charge in [-0.1, -0.05) is 19.1 Å². The molecule has 0 spiro atoms. The molecule has 1 fully saturated rings. The quantitative estimate of drug-likeness (QED) is 0.586. The second kappa shape index (κ2) is 5.60. The lowest BCUT2D eigenvalue weighted by Gasteiger charge is -2.24. The Kier molecular flexibility index (Phi) is 4.15. The topological polar surface area (TPSA) is 9.23 Å². The minimum absolute atomic E-state index is 0.00741. The molecule has 1 aromatic heterocycles. The maximum atomic E-state index is 6.85. The molecular formula is C16H18BrClOS. The molecule has 3 rings (SSSR count). The predicted molar refractivity (Wildman–Crippen MR) is 90.8 cm³/mol. The molecule has 5 unspecified atom stereocenters. The summed E-state index contributed by atoms with van der Waals surface area (Å²) in [6.45, 7) is 6.54. The van der Waals surface area contributed by atoms with Gasteiger partial charge in [0.1, 0.15) is 0 Å². The van der Waals surface area contributed by atoms with Gasteiger partial charge < -0.3 is 4.74 Å². The van der Waals surface area contributed by atoms with Gasteiger partial charge in [-0.3, -0.25) is 0 Å². The van der Waals surface area contributed by atoms with Crippen LogP contribution in [0.1, 0.15) is 31.7 Å². The highest BCUT2D eigenvalue weighted by molar-refractivity contribution is 9.10. The van der Waals surface area contributed by atoms with E-state index in [4.69, 9.17) is 16.3 Å². The summed E-state index contributed by atoms with van der Waals surface area (Å²) in [6, 6.07) is 6.32. The molecule has 2 aromatic rings. The zero-order valence-electron chi connectivity index (χ0n) is 11.8. The van der Waals surface area contributed by atoms with Gasteiger partial charge in [0, 0.05) is 15.1 Å². The zero-order chi connectivity index (χ0) is 14.4. The van der Waals surface area contributed by atoms with Crippen LogP contribution in [0.3, 0.4) is 0 Å². The average Bonchev–Trinajstić information content (AvgIpc) is 2.93. The number of ether oxygens (including phenoxy) is 1. The van der Waals surface area contributed by atoms with Crippen LogP contribution in [0, 0.1) is 11.8 Å². The fourth-order valence-corrected chi connectivity index (χ4v) is 5.61. The van der Waals surface area contributed by atoms with Crippen LogP contribution < -0.4 is 0 Å². The molecule has 0 radical (unpaired) electrons. The fourth-order valence-electron chi connectivity index (χ4n) is 3.26. The predicted octanol–water partition coefficient (Wildman–Crippen LogP) is 6.00. The van der Waals surface area contributed by atoms with Crippen molar-refractivity contribution in [2.45, 2.75) is 38.4 Å². The van der Waals surface area contributed by atoms with Gasteiger partial charge in [0.15, 0.2) is 0 Å². The van der Waals surface area contributed by atoms with Crippen LogP contribution in [0.2, 0.25) is 0 Å². The zero-order valence-corrected chi connectivity index (χ0v) is 14.9. The van der Waals surface area contributed by atoms with Gasteiger partial charge in [-0.15, -0.1) is 22.9 Å². The smallest absolute Gasteiger partial charge is 0.0655 e. The highest BCUT2D eigenvalue weighted by Crippen LogP contribution is 2.47. The van der Waals surface area contributed by atoms with Crippen molar-refractivity contribution in [2.75, 3.05) is 0 Å². The van der Waals surface area contributed by atoms with Gasteiger partial charge in [0.2, 0.25) is 0 Å². The third-order valence-electron chi connectivity index (χ3n) is 4.54. The Labute approximate surface area is 137 Å². The highest BCUT2D eigenvalue weighted by Gasteiger charge is 2.42. The third-order valence-corrected chi connectivity index (χ3v) is 7.03. The molecule has 0 N–H and O–H groups in total. The lowest BCUT2D eigenvalue weighted by atomic mass is 9.84. The van der Waals surface area contributed by atoms with Gasteiger partial charge in [0.25, 0.3) is 0 Å². The molecule has 0 amide bonds. The summed E-state index contributed by atoms with van der Waals surface area (Å²) in [4.78, 5) is 0. The van der Waals surface area contributed by atoms with Crippen molar-refractivity contribution in [1.29, 1.82) is 0 Å². The number of thiophene rings is 1. The van der Waals surface area contributed by atoms with Crippen LogP contribution in [0.25, 0.3) is 10.1 Å². The number of hydrogen-bond acceptors (Lipinski definition) is 2. The van der Waals surface area contributed by atoms with Crippen molar-refractivity contribution in [2.24, 2.45) is 11.8 Å². The van der Waals surface area contributed by atoms with E-state index >= 15 is 0 Å². The van der Waals surface area contributed by atoms with E-state index in [-0.39, 0.29) is 17.6 Å². The van der Waals surface area contributed by atoms with Gasteiger partial charge in [0.05, 0.1) is 17.6 Å². The first-order chi connectivity index (χ1) is 9.50. The molecule has 108 valence electrons. The second-order valence-electron chi connectivity index (χ2n) is 5.69. The number of rotatable bonds is 2. The summed E-state index contributed by atoms with van der Waals surface area (Å²) >= 11 is 12.2. The van der Waals surface area contributed by atoms with E-state index < -0.39 is 0 Å². The summed E-state index contributed by atoms with van der Waals surface area (Å²) < 4.78 is 8.37. The van der Waals surface area contributed by atoms with Crippen molar-refractivity contribution in [3.05, 3.63) is 33.6 Å². The molecule has 0 saturated carbocycles. The normalized spacial score (nSPS) is 31.9. The number of halogens is 2. The molecular weight excluding hydrogens is 356 g/mol. The Balaban J connectivity index is 2.01. The molecule has 0 bridgehead atoms. The summed E-state index contributed by atoms with van der Waals surface area (Å²) in [5, 5.41) is 3.48. The average molecular weight is 374 g/mol. The maximum Gasteiger partial charge on any atom is 0.0655 e. The van der Waals surface area contributed by atoms with E-state index in [0.29, 0.717) is 11.8 Å². The van der Waals surface area contributed by atoms with E-state index in [2.05, 4.69) is 60.3 Å². The molecule has 1 aromatic carbocycles. The highest BCUT2D eigenvalue weighted by atomic mass is 79.9. The van der Waals surface area contributed by atoms with Crippen molar-refractivity contribution < 1.29 is 4.74 Å². The Morgan fingerprint density at radius 3 is 2.65 bits per heavy atom. The summed E-state index contributed by atoms with van der Waals surface area (Å²) in [6.07, 6.45) is 0.498. The van der Waals surface area contributed by atoms with Crippen molar-refractivity contribution in [1.82, 2.24) is 0 Å². The fraction of sp³-hybridized carbons (Fsp3) is 0.500. The molecule has 1 aliphatic rings. The van der Waals surface area contributed by atoms with Gasteiger partial charge in [-0.05, 0) is 58.1 Å². The molecule has 5 atom stereocenters. The van der Waals surface area contributed by atoms with Crippen LogP contribution in [0.4, 0.5) is 0 Å². The van der Waals surface area contributed by atoms with Crippen LogP contribution in [0.5, 0.6) is 0 Å². The van der Waals surface area contributed by atoms with Crippen LogP contribution in [-0.4, -0.2) is 12.2 Å². The minimum atomic E-state index is 0.00741. The lowest BCUT2D eigenvalue weighted by Crippen LogP contribution is -2.21. The van der Waals surface area contributed by atoms with Crippen molar-refractivity contribution in [3.8, 4) is 0 Å². The van der Waals surface area contributed by atoms with E-state index in [0.717, 1.165) is 4.47 Å². The Bertz CT molecular complexity index is 626. The minimum Gasteiger partial charge on any atom is -0.375 e. The monoisotopic (exact) mass is 372 g/mol. The molecule has 4 heteroatoms. The second-order valence-corrected chi connectivity index (χ2v) is 7.90. The van der Waals surface area contributed by atoms with E-state index in [9.17, 15) is 0 Å². The first-order valence-corrected chi connectivity index (χ1v) is 9.06. The first-order valence-electron chi connectivity index (χ1n) is 6.96. The molecule has 1 saturated heterocycles. The van der Waals surface area contributed by atoms with E-state index in [1.807, 2.05) is 0 Å². The van der Waals surface area contributed by atoms with Crippen LogP contribution >= 0.6 is 38.9 Å². The maximum absolute atomic E-state index is 6.85. The Morgan fingerprint density at radius 1 is 1.25 bits per heavy atom. The first kappa shape index (κ1) is 14.8. The van der Waals surface area contributed by atoms with E-state index in [1.54, 1.807) is 11.3 Å². The lowest BCUT2D eigenvalue weighted by molar-refractivity contribution is 0.0508. The number of benzene rings is 1. The van der Waals surface area contributed by atoms with Crippen molar-refractivity contribution in [3.63, 3.8) is 0 Å². The number of hydrogen-bond donors (Lipinski definition) is 0. The van der Waals surface area contributed by atoms with Gasteiger partial charge >= 0.3 is 0 Å². The van der Waals surface area contributed by atoms with Crippen molar-refractivity contribution >= 4 is 49.0 Å². The molecule has 0 aliphatic carbocycles. The summed E-state index contributed by atoms with van der Waals surface area (Å²) in [7, 11) is 0. The van der Waals surface area contributed by atoms with Gasteiger partial charge in [-0.25, -0.2) is 0 Å².